The van der Waals surface area contributed by atoms with Gasteiger partial charge in [0.05, 0.1) is 19.6 Å². The first-order valence-electron chi connectivity index (χ1n) is 9.10. The van der Waals surface area contributed by atoms with Crippen molar-refractivity contribution < 1.29 is 4.48 Å². The van der Waals surface area contributed by atoms with Crippen LogP contribution >= 0.6 is 0 Å². The highest BCUT2D eigenvalue weighted by molar-refractivity contribution is 5.13. The van der Waals surface area contributed by atoms with Crippen molar-refractivity contribution in [3.05, 3.63) is 72.4 Å². The summed E-state index contributed by atoms with van der Waals surface area (Å²) in [6.07, 6.45) is 17.3. The average molecular weight is 313 g/mol. The van der Waals surface area contributed by atoms with E-state index in [9.17, 15) is 0 Å². The Kier molecular flexibility index (Phi) is 10.1. The summed E-state index contributed by atoms with van der Waals surface area (Å²) in [6.45, 7) is 11.0. The van der Waals surface area contributed by atoms with Gasteiger partial charge in [-0.3, -0.25) is 0 Å². The maximum absolute atomic E-state index is 2.36. The molecule has 1 aromatic carbocycles. The van der Waals surface area contributed by atoms with E-state index in [4.69, 9.17) is 0 Å². The van der Waals surface area contributed by atoms with Gasteiger partial charge in [-0.15, -0.1) is 0 Å². The number of allylic oxidation sites excluding steroid dienone is 3. The van der Waals surface area contributed by atoms with Crippen molar-refractivity contribution in [2.45, 2.75) is 46.6 Å². The molecule has 0 spiro atoms. The van der Waals surface area contributed by atoms with Gasteiger partial charge in [-0.25, -0.2) is 0 Å². The van der Waals surface area contributed by atoms with Crippen LogP contribution in [-0.4, -0.2) is 24.1 Å². The summed E-state index contributed by atoms with van der Waals surface area (Å²) in [5.74, 6) is 0. The zero-order valence-electron chi connectivity index (χ0n) is 15.2. The predicted molar refractivity (Wildman–Crippen MR) is 103 cm³/mol. The Morgan fingerprint density at radius 1 is 0.652 bits per heavy atom. The summed E-state index contributed by atoms with van der Waals surface area (Å²) >= 11 is 0. The topological polar surface area (TPSA) is 0 Å². The molecule has 0 saturated carbocycles. The first-order chi connectivity index (χ1) is 11.3. The third kappa shape index (κ3) is 7.99. The molecule has 1 rings (SSSR count). The van der Waals surface area contributed by atoms with Crippen LogP contribution in [0.4, 0.5) is 0 Å². The molecule has 0 aliphatic carbocycles. The van der Waals surface area contributed by atoms with Crippen LogP contribution in [0.2, 0.25) is 0 Å². The highest BCUT2D eigenvalue weighted by atomic mass is 15.3. The van der Waals surface area contributed by atoms with Crippen LogP contribution in [0, 0.1) is 0 Å². The van der Waals surface area contributed by atoms with E-state index in [0.717, 1.165) is 49.9 Å². The van der Waals surface area contributed by atoms with Gasteiger partial charge < -0.3 is 4.48 Å². The second-order valence-corrected chi connectivity index (χ2v) is 6.17. The van der Waals surface area contributed by atoms with Gasteiger partial charge in [-0.1, -0.05) is 69.3 Å². The lowest BCUT2D eigenvalue weighted by molar-refractivity contribution is -0.925. The number of hydrogen-bond acceptors (Lipinski definition) is 0. The maximum Gasteiger partial charge on any atom is 0.105 e. The van der Waals surface area contributed by atoms with Gasteiger partial charge in [0.15, 0.2) is 0 Å². The quantitative estimate of drug-likeness (QED) is 0.352. The first-order valence-corrected chi connectivity index (χ1v) is 9.10. The van der Waals surface area contributed by atoms with Gasteiger partial charge in [0, 0.05) is 5.56 Å². The van der Waals surface area contributed by atoms with E-state index >= 15 is 0 Å². The van der Waals surface area contributed by atoms with Crippen molar-refractivity contribution in [1.82, 2.24) is 0 Å². The van der Waals surface area contributed by atoms with E-state index in [1.54, 1.807) is 0 Å². The molecule has 0 saturated heterocycles. The molecule has 0 bridgehead atoms. The van der Waals surface area contributed by atoms with Crippen molar-refractivity contribution in [2.24, 2.45) is 0 Å². The third-order valence-corrected chi connectivity index (χ3v) is 4.05. The van der Waals surface area contributed by atoms with Crippen LogP contribution in [0.15, 0.2) is 66.8 Å². The van der Waals surface area contributed by atoms with Crippen molar-refractivity contribution in [1.29, 1.82) is 0 Å². The van der Waals surface area contributed by atoms with E-state index in [2.05, 4.69) is 87.6 Å². The predicted octanol–water partition coefficient (Wildman–Crippen LogP) is 5.90. The van der Waals surface area contributed by atoms with Gasteiger partial charge in [-0.05, 0) is 37.5 Å². The van der Waals surface area contributed by atoms with Gasteiger partial charge in [0.2, 0.25) is 0 Å². The molecular formula is C22H34N+. The Balaban J connectivity index is 3.00. The van der Waals surface area contributed by atoms with Crippen molar-refractivity contribution in [3.8, 4) is 0 Å². The highest BCUT2D eigenvalue weighted by Gasteiger charge is 2.23. The highest BCUT2D eigenvalue weighted by Crippen LogP contribution is 2.16. The first kappa shape index (κ1) is 19.4. The Morgan fingerprint density at radius 2 is 1.09 bits per heavy atom. The van der Waals surface area contributed by atoms with Crippen LogP contribution in [0.1, 0.15) is 45.6 Å². The molecule has 126 valence electrons. The fourth-order valence-corrected chi connectivity index (χ4v) is 2.78. The number of nitrogens with zero attached hydrogens (tertiary/aromatic N) is 1. The number of quaternary nitrogens is 1. The van der Waals surface area contributed by atoms with Gasteiger partial charge in [-0.2, -0.15) is 0 Å². The standard InChI is InChI=1S/C22H34N/c1-4-7-13-18-23(19-14-8-5-2,20-15-9-6-3)21-22-16-11-10-12-17-22/h7-17H,4-6,18-21H2,1-3H3/q+1/b13-7-,14-8-,15-9+. The summed E-state index contributed by atoms with van der Waals surface area (Å²) in [5, 5.41) is 0. The lowest BCUT2D eigenvalue weighted by Crippen LogP contribution is -2.47. The normalized spacial score (nSPS) is 12.8. The van der Waals surface area contributed by atoms with E-state index in [-0.39, 0.29) is 0 Å². The molecule has 0 aliphatic heterocycles. The molecule has 0 radical (unpaired) electrons. The molecule has 0 atom stereocenters. The molecule has 0 amide bonds. The second kappa shape index (κ2) is 11.9. The van der Waals surface area contributed by atoms with Crippen LogP contribution in [-0.2, 0) is 6.54 Å². The van der Waals surface area contributed by atoms with E-state index in [0.29, 0.717) is 0 Å². The summed E-state index contributed by atoms with van der Waals surface area (Å²) < 4.78 is 1.06. The molecule has 0 fully saturated rings. The van der Waals surface area contributed by atoms with Crippen LogP contribution < -0.4 is 0 Å². The van der Waals surface area contributed by atoms with Crippen LogP contribution in [0.3, 0.4) is 0 Å². The SMILES string of the molecule is CC/C=C\C[N+](C/C=C\CC)(C/C=C/CC)Cc1ccccc1. The zero-order chi connectivity index (χ0) is 16.8. The fourth-order valence-electron chi connectivity index (χ4n) is 2.78. The van der Waals surface area contributed by atoms with E-state index in [1.807, 2.05) is 0 Å². The van der Waals surface area contributed by atoms with Crippen LogP contribution in [0.25, 0.3) is 0 Å². The summed E-state index contributed by atoms with van der Waals surface area (Å²) in [5.41, 5.74) is 1.42. The lowest BCUT2D eigenvalue weighted by atomic mass is 10.1. The Hall–Kier alpha value is -1.60. The molecule has 0 unspecified atom stereocenters. The number of rotatable bonds is 11. The minimum Gasteiger partial charge on any atom is -0.310 e. The van der Waals surface area contributed by atoms with Gasteiger partial charge in [0.1, 0.15) is 6.54 Å². The Bertz CT molecular complexity index is 441. The molecule has 0 aromatic heterocycles. The van der Waals surface area contributed by atoms with E-state index in [1.165, 1.54) is 5.56 Å². The number of hydrogen-bond donors (Lipinski definition) is 0. The molecule has 0 aliphatic rings. The molecule has 1 heteroatoms. The smallest absolute Gasteiger partial charge is 0.105 e. The third-order valence-electron chi connectivity index (χ3n) is 4.05. The second-order valence-electron chi connectivity index (χ2n) is 6.17. The molecule has 1 aromatic rings. The minimum atomic E-state index is 1.06. The average Bonchev–Trinajstić information content (AvgIpc) is 2.56. The largest absolute Gasteiger partial charge is 0.310 e. The summed E-state index contributed by atoms with van der Waals surface area (Å²) in [4.78, 5) is 0. The van der Waals surface area contributed by atoms with E-state index < -0.39 is 0 Å². The monoisotopic (exact) mass is 312 g/mol. The maximum atomic E-state index is 2.36. The van der Waals surface area contributed by atoms with Gasteiger partial charge in [0.25, 0.3) is 0 Å². The summed E-state index contributed by atoms with van der Waals surface area (Å²) in [6, 6.07) is 10.9. The van der Waals surface area contributed by atoms with Crippen molar-refractivity contribution in [2.75, 3.05) is 19.6 Å². The minimum absolute atomic E-state index is 1.06. The molecule has 0 N–H and O–H groups in total. The Labute approximate surface area is 143 Å². The fraction of sp³-hybridized carbons (Fsp3) is 0.455. The zero-order valence-corrected chi connectivity index (χ0v) is 15.2. The molecule has 0 heterocycles. The Morgan fingerprint density at radius 3 is 1.48 bits per heavy atom. The molecule has 1 nitrogen and oxygen atoms in total. The summed E-state index contributed by atoms with van der Waals surface area (Å²) in [7, 11) is 0. The van der Waals surface area contributed by atoms with Crippen molar-refractivity contribution >= 4 is 0 Å². The van der Waals surface area contributed by atoms with Gasteiger partial charge >= 0.3 is 0 Å². The number of benzene rings is 1. The van der Waals surface area contributed by atoms with Crippen LogP contribution in [0.5, 0.6) is 0 Å². The van der Waals surface area contributed by atoms with Crippen molar-refractivity contribution in [3.63, 3.8) is 0 Å². The lowest BCUT2D eigenvalue weighted by Gasteiger charge is -2.36. The molecule has 23 heavy (non-hydrogen) atoms. The molecular weight excluding hydrogens is 278 g/mol.